The van der Waals surface area contributed by atoms with Crippen LogP contribution in [0.4, 0.5) is 0 Å². The third kappa shape index (κ3) is 2.68. The van der Waals surface area contributed by atoms with Gasteiger partial charge in [-0.1, -0.05) is 11.3 Å². The van der Waals surface area contributed by atoms with Gasteiger partial charge in [-0.3, -0.25) is 0 Å². The quantitative estimate of drug-likeness (QED) is 0.810. The number of nitrogens with zero attached hydrogens (tertiary/aromatic N) is 2. The van der Waals surface area contributed by atoms with Crippen molar-refractivity contribution in [3.05, 3.63) is 22.9 Å². The van der Waals surface area contributed by atoms with Crippen molar-refractivity contribution in [2.75, 3.05) is 13.6 Å². The minimum Gasteiger partial charge on any atom is -0.459 e. The fourth-order valence-corrected chi connectivity index (χ4v) is 2.26. The van der Waals surface area contributed by atoms with E-state index in [9.17, 15) is 0 Å². The van der Waals surface area contributed by atoms with Gasteiger partial charge in [-0.2, -0.15) is 0 Å². The predicted molar refractivity (Wildman–Crippen MR) is 64.6 cm³/mol. The zero-order valence-corrected chi connectivity index (χ0v) is 10.3. The summed E-state index contributed by atoms with van der Waals surface area (Å²) in [5.41, 5.74) is 0. The highest BCUT2D eigenvalue weighted by Gasteiger charge is 2.09. The highest BCUT2D eigenvalue weighted by atomic mass is 32.1. The highest BCUT2D eigenvalue weighted by molar-refractivity contribution is 7.14. The molecule has 0 bridgehead atoms. The maximum atomic E-state index is 5.50. The summed E-state index contributed by atoms with van der Waals surface area (Å²) >= 11 is 1.61. The van der Waals surface area contributed by atoms with Gasteiger partial charge in [0.1, 0.15) is 10.8 Å². The summed E-state index contributed by atoms with van der Waals surface area (Å²) in [5, 5.41) is 13.3. The van der Waals surface area contributed by atoms with Crippen molar-refractivity contribution in [1.29, 1.82) is 0 Å². The standard InChI is InChI=1S/C11H15N3OS/c1-8-5-6-9(15-8)11-14-13-10(16-11)4-3-7-12-2/h5-6,12H,3-4,7H2,1-2H3. The van der Waals surface area contributed by atoms with E-state index in [0.29, 0.717) is 0 Å². The van der Waals surface area contributed by atoms with Crippen LogP contribution in [-0.4, -0.2) is 23.8 Å². The Bertz CT molecular complexity index is 450. The van der Waals surface area contributed by atoms with E-state index < -0.39 is 0 Å². The SMILES string of the molecule is CNCCCc1nnc(-c2ccc(C)o2)s1. The molecular formula is C11H15N3OS. The molecule has 86 valence electrons. The fourth-order valence-electron chi connectivity index (χ4n) is 1.42. The van der Waals surface area contributed by atoms with E-state index in [1.807, 2.05) is 26.1 Å². The van der Waals surface area contributed by atoms with Crippen molar-refractivity contribution in [2.45, 2.75) is 19.8 Å². The van der Waals surface area contributed by atoms with E-state index in [0.717, 1.165) is 40.9 Å². The molecule has 0 saturated carbocycles. The Morgan fingerprint density at radius 3 is 2.94 bits per heavy atom. The molecule has 0 fully saturated rings. The average Bonchev–Trinajstić information content (AvgIpc) is 2.87. The van der Waals surface area contributed by atoms with Crippen LogP contribution >= 0.6 is 11.3 Å². The van der Waals surface area contributed by atoms with E-state index in [-0.39, 0.29) is 0 Å². The van der Waals surface area contributed by atoms with Gasteiger partial charge in [-0.15, -0.1) is 10.2 Å². The molecule has 0 aromatic carbocycles. The topological polar surface area (TPSA) is 51.0 Å². The van der Waals surface area contributed by atoms with Crippen LogP contribution in [0.5, 0.6) is 0 Å². The summed E-state index contributed by atoms with van der Waals surface area (Å²) in [7, 11) is 1.96. The molecular weight excluding hydrogens is 222 g/mol. The fraction of sp³-hybridized carbons (Fsp3) is 0.455. The first-order valence-electron chi connectivity index (χ1n) is 5.33. The van der Waals surface area contributed by atoms with Crippen LogP contribution in [0.15, 0.2) is 16.5 Å². The van der Waals surface area contributed by atoms with Crippen LogP contribution < -0.4 is 5.32 Å². The third-order valence-electron chi connectivity index (χ3n) is 2.24. The zero-order valence-electron chi connectivity index (χ0n) is 9.49. The van der Waals surface area contributed by atoms with E-state index in [4.69, 9.17) is 4.42 Å². The van der Waals surface area contributed by atoms with Crippen molar-refractivity contribution in [1.82, 2.24) is 15.5 Å². The van der Waals surface area contributed by atoms with Gasteiger partial charge < -0.3 is 9.73 Å². The van der Waals surface area contributed by atoms with Gasteiger partial charge in [0.15, 0.2) is 10.8 Å². The minimum atomic E-state index is 0.815. The molecule has 0 aliphatic carbocycles. The second-order valence-corrected chi connectivity index (χ2v) is 4.68. The number of nitrogens with one attached hydrogen (secondary N) is 1. The third-order valence-corrected chi connectivity index (χ3v) is 3.23. The molecule has 2 rings (SSSR count). The van der Waals surface area contributed by atoms with Crippen LogP contribution in [-0.2, 0) is 6.42 Å². The lowest BCUT2D eigenvalue weighted by Crippen LogP contribution is -2.08. The molecule has 1 N–H and O–H groups in total. The van der Waals surface area contributed by atoms with Crippen LogP contribution in [0, 0.1) is 6.92 Å². The van der Waals surface area contributed by atoms with Crippen molar-refractivity contribution < 1.29 is 4.42 Å². The zero-order chi connectivity index (χ0) is 11.4. The Balaban J connectivity index is 2.02. The smallest absolute Gasteiger partial charge is 0.183 e. The predicted octanol–water partition coefficient (Wildman–Crippen LogP) is 2.26. The van der Waals surface area contributed by atoms with E-state index >= 15 is 0 Å². The monoisotopic (exact) mass is 237 g/mol. The molecule has 0 saturated heterocycles. The Hall–Kier alpha value is -1.20. The van der Waals surface area contributed by atoms with Crippen molar-refractivity contribution in [3.8, 4) is 10.8 Å². The molecule has 0 aliphatic rings. The summed E-state index contributed by atoms with van der Waals surface area (Å²) < 4.78 is 5.50. The molecule has 2 aromatic heterocycles. The first kappa shape index (κ1) is 11.3. The molecule has 0 aliphatic heterocycles. The summed E-state index contributed by atoms with van der Waals surface area (Å²) in [5.74, 6) is 1.72. The van der Waals surface area contributed by atoms with Gasteiger partial charge in [0, 0.05) is 6.42 Å². The maximum Gasteiger partial charge on any atom is 0.183 e. The number of rotatable bonds is 5. The molecule has 0 spiro atoms. The summed E-state index contributed by atoms with van der Waals surface area (Å²) in [6, 6.07) is 3.88. The van der Waals surface area contributed by atoms with Crippen molar-refractivity contribution in [3.63, 3.8) is 0 Å². The van der Waals surface area contributed by atoms with Gasteiger partial charge in [-0.05, 0) is 39.1 Å². The van der Waals surface area contributed by atoms with Crippen LogP contribution in [0.1, 0.15) is 17.2 Å². The van der Waals surface area contributed by atoms with Crippen molar-refractivity contribution >= 4 is 11.3 Å². The Morgan fingerprint density at radius 1 is 1.38 bits per heavy atom. The van der Waals surface area contributed by atoms with E-state index in [1.54, 1.807) is 11.3 Å². The summed E-state index contributed by atoms with van der Waals surface area (Å²) in [4.78, 5) is 0. The number of aromatic nitrogens is 2. The molecule has 5 heteroatoms. The summed E-state index contributed by atoms with van der Waals surface area (Å²) in [6.45, 7) is 2.94. The van der Waals surface area contributed by atoms with Gasteiger partial charge in [0.25, 0.3) is 0 Å². The van der Waals surface area contributed by atoms with E-state index in [1.165, 1.54) is 0 Å². The Morgan fingerprint density at radius 2 is 2.25 bits per heavy atom. The average molecular weight is 237 g/mol. The Labute approximate surface area is 98.7 Å². The number of aryl methyl sites for hydroxylation is 2. The minimum absolute atomic E-state index is 0.815. The second-order valence-electron chi connectivity index (χ2n) is 3.62. The summed E-state index contributed by atoms with van der Waals surface area (Å²) in [6.07, 6.45) is 2.06. The molecule has 0 amide bonds. The molecule has 4 nitrogen and oxygen atoms in total. The lowest BCUT2D eigenvalue weighted by atomic mass is 10.3. The van der Waals surface area contributed by atoms with Crippen LogP contribution in [0.3, 0.4) is 0 Å². The molecule has 0 unspecified atom stereocenters. The van der Waals surface area contributed by atoms with Gasteiger partial charge in [0.05, 0.1) is 0 Å². The lowest BCUT2D eigenvalue weighted by Gasteiger charge is -1.94. The Kier molecular flexibility index (Phi) is 3.69. The number of hydrogen-bond donors (Lipinski definition) is 1. The maximum absolute atomic E-state index is 5.50. The van der Waals surface area contributed by atoms with Gasteiger partial charge in [-0.25, -0.2) is 0 Å². The molecule has 2 aromatic rings. The largest absolute Gasteiger partial charge is 0.459 e. The second kappa shape index (κ2) is 5.23. The van der Waals surface area contributed by atoms with Crippen LogP contribution in [0.2, 0.25) is 0 Å². The van der Waals surface area contributed by atoms with Crippen LogP contribution in [0.25, 0.3) is 10.8 Å². The first-order valence-corrected chi connectivity index (χ1v) is 6.15. The molecule has 2 heterocycles. The molecule has 16 heavy (non-hydrogen) atoms. The number of hydrogen-bond acceptors (Lipinski definition) is 5. The molecule has 0 atom stereocenters. The molecule has 0 radical (unpaired) electrons. The lowest BCUT2D eigenvalue weighted by molar-refractivity contribution is 0.547. The van der Waals surface area contributed by atoms with Crippen molar-refractivity contribution in [2.24, 2.45) is 0 Å². The number of furan rings is 1. The van der Waals surface area contributed by atoms with Gasteiger partial charge in [0.2, 0.25) is 0 Å². The van der Waals surface area contributed by atoms with Gasteiger partial charge >= 0.3 is 0 Å². The highest BCUT2D eigenvalue weighted by Crippen LogP contribution is 2.25. The van der Waals surface area contributed by atoms with E-state index in [2.05, 4.69) is 15.5 Å². The first-order chi connectivity index (χ1) is 7.79. The normalized spacial score (nSPS) is 10.9.